The molecule has 0 saturated heterocycles. The molecular formula is C20H21NO3S. The number of methoxy groups -OCH3 is 1. The largest absolute Gasteiger partial charge is 0.458 e. The zero-order valence-corrected chi connectivity index (χ0v) is 14.9. The molecule has 1 heterocycles. The molecule has 0 spiro atoms. The van der Waals surface area contributed by atoms with Gasteiger partial charge in [-0.15, -0.1) is 11.8 Å². The summed E-state index contributed by atoms with van der Waals surface area (Å²) < 4.78 is 11.3. The summed E-state index contributed by atoms with van der Waals surface area (Å²) in [7, 11) is 1.62. The molecule has 1 aromatic heterocycles. The van der Waals surface area contributed by atoms with Crippen LogP contribution in [0.1, 0.15) is 17.4 Å². The maximum atomic E-state index is 12.0. The Labute approximate surface area is 151 Å². The molecule has 0 bridgehead atoms. The summed E-state index contributed by atoms with van der Waals surface area (Å²) in [5.74, 6) is 1.97. The molecule has 2 aromatic carbocycles. The topological polar surface area (TPSA) is 51.5 Å². The average molecular weight is 355 g/mol. The highest BCUT2D eigenvalue weighted by molar-refractivity contribution is 7.99. The third kappa shape index (κ3) is 4.87. The van der Waals surface area contributed by atoms with Gasteiger partial charge in [0.2, 0.25) is 5.91 Å². The lowest BCUT2D eigenvalue weighted by Crippen LogP contribution is -2.30. The number of fused-ring (bicyclic) bond motifs is 1. The SMILES string of the molecule is CO[C@H](CNC(=O)CSCc1ccccc1)c1cc2ccccc2o1. The van der Waals surface area contributed by atoms with E-state index in [2.05, 4.69) is 17.4 Å². The van der Waals surface area contributed by atoms with E-state index in [1.165, 1.54) is 5.56 Å². The van der Waals surface area contributed by atoms with Crippen LogP contribution in [0, 0.1) is 0 Å². The van der Waals surface area contributed by atoms with Crippen LogP contribution in [0.15, 0.2) is 65.1 Å². The number of hydrogen-bond acceptors (Lipinski definition) is 4. The number of amides is 1. The lowest BCUT2D eigenvalue weighted by atomic mass is 10.2. The Hall–Kier alpha value is -2.24. The lowest BCUT2D eigenvalue weighted by molar-refractivity contribution is -0.119. The summed E-state index contributed by atoms with van der Waals surface area (Å²) in [6, 6.07) is 19.9. The molecule has 0 aliphatic rings. The first-order chi connectivity index (χ1) is 12.3. The van der Waals surface area contributed by atoms with Gasteiger partial charge in [0.1, 0.15) is 17.4 Å². The minimum Gasteiger partial charge on any atom is -0.458 e. The van der Waals surface area contributed by atoms with Gasteiger partial charge in [-0.2, -0.15) is 0 Å². The predicted molar refractivity (Wildman–Crippen MR) is 102 cm³/mol. The van der Waals surface area contributed by atoms with Crippen LogP contribution in [0.5, 0.6) is 0 Å². The highest BCUT2D eigenvalue weighted by Crippen LogP contribution is 2.25. The molecule has 0 aliphatic heterocycles. The molecule has 5 heteroatoms. The second-order valence-corrected chi connectivity index (χ2v) is 6.68. The van der Waals surface area contributed by atoms with Gasteiger partial charge in [0.15, 0.2) is 0 Å². The first-order valence-electron chi connectivity index (χ1n) is 8.16. The molecule has 0 unspecified atom stereocenters. The Balaban J connectivity index is 1.48. The van der Waals surface area contributed by atoms with Crippen molar-refractivity contribution in [1.29, 1.82) is 0 Å². The minimum absolute atomic E-state index is 0.000841. The van der Waals surface area contributed by atoms with E-state index in [0.29, 0.717) is 12.3 Å². The van der Waals surface area contributed by atoms with Crippen molar-refractivity contribution in [2.45, 2.75) is 11.9 Å². The van der Waals surface area contributed by atoms with E-state index in [1.54, 1.807) is 18.9 Å². The highest BCUT2D eigenvalue weighted by Gasteiger charge is 2.16. The molecule has 4 nitrogen and oxygen atoms in total. The van der Waals surface area contributed by atoms with Crippen LogP contribution >= 0.6 is 11.8 Å². The minimum atomic E-state index is -0.296. The van der Waals surface area contributed by atoms with Gasteiger partial charge >= 0.3 is 0 Å². The Bertz CT molecular complexity index is 783. The summed E-state index contributed by atoms with van der Waals surface area (Å²) in [4.78, 5) is 12.0. The van der Waals surface area contributed by atoms with Crippen LogP contribution in [0.25, 0.3) is 11.0 Å². The average Bonchev–Trinajstić information content (AvgIpc) is 3.07. The number of carbonyl (C=O) groups excluding carboxylic acids is 1. The van der Waals surface area contributed by atoms with E-state index in [1.807, 2.05) is 48.5 Å². The van der Waals surface area contributed by atoms with Gasteiger partial charge in [-0.25, -0.2) is 0 Å². The zero-order chi connectivity index (χ0) is 17.5. The van der Waals surface area contributed by atoms with E-state index in [9.17, 15) is 4.79 Å². The van der Waals surface area contributed by atoms with Crippen LogP contribution in [0.4, 0.5) is 0 Å². The second kappa shape index (κ2) is 8.74. The van der Waals surface area contributed by atoms with Crippen molar-refractivity contribution in [3.63, 3.8) is 0 Å². The summed E-state index contributed by atoms with van der Waals surface area (Å²) in [5, 5.41) is 3.95. The summed E-state index contributed by atoms with van der Waals surface area (Å²) in [6.45, 7) is 0.390. The van der Waals surface area contributed by atoms with Gasteiger partial charge in [0, 0.05) is 18.2 Å². The van der Waals surface area contributed by atoms with Gasteiger partial charge in [-0.3, -0.25) is 4.79 Å². The number of ether oxygens (including phenoxy) is 1. The second-order valence-electron chi connectivity index (χ2n) is 5.69. The maximum absolute atomic E-state index is 12.0. The van der Waals surface area contributed by atoms with Crippen molar-refractivity contribution < 1.29 is 13.9 Å². The molecule has 1 N–H and O–H groups in total. The number of para-hydroxylation sites is 1. The quantitative estimate of drug-likeness (QED) is 0.659. The molecule has 1 atom stereocenters. The standard InChI is InChI=1S/C20H21NO3S/c1-23-19(18-11-16-9-5-6-10-17(16)24-18)12-21-20(22)14-25-13-15-7-3-2-4-8-15/h2-11,19H,12-14H2,1H3,(H,21,22)/t19-/m1/s1. The van der Waals surface area contributed by atoms with Crippen LogP contribution in [0.3, 0.4) is 0 Å². The molecule has 0 aliphatic carbocycles. The van der Waals surface area contributed by atoms with Crippen molar-refractivity contribution >= 4 is 28.6 Å². The fourth-order valence-corrected chi connectivity index (χ4v) is 3.37. The van der Waals surface area contributed by atoms with Gasteiger partial charge < -0.3 is 14.5 Å². The van der Waals surface area contributed by atoms with Crippen LogP contribution in [-0.2, 0) is 15.3 Å². The Kier molecular flexibility index (Phi) is 6.14. The van der Waals surface area contributed by atoms with E-state index in [4.69, 9.17) is 9.15 Å². The number of benzene rings is 2. The summed E-state index contributed by atoms with van der Waals surface area (Å²) in [6.07, 6.45) is -0.296. The number of nitrogens with one attached hydrogen (secondary N) is 1. The Morgan fingerprint density at radius 2 is 1.92 bits per heavy atom. The predicted octanol–water partition coefficient (Wildman–Crippen LogP) is 4.17. The molecule has 3 aromatic rings. The smallest absolute Gasteiger partial charge is 0.230 e. The number of carbonyl (C=O) groups is 1. The normalized spacial score (nSPS) is 12.2. The van der Waals surface area contributed by atoms with Gasteiger partial charge in [0.05, 0.1) is 12.3 Å². The lowest BCUT2D eigenvalue weighted by Gasteiger charge is -2.13. The fourth-order valence-electron chi connectivity index (χ4n) is 2.55. The summed E-state index contributed by atoms with van der Waals surface area (Å²) >= 11 is 1.60. The molecule has 3 rings (SSSR count). The number of hydrogen-bond donors (Lipinski definition) is 1. The zero-order valence-electron chi connectivity index (χ0n) is 14.1. The molecule has 0 fully saturated rings. The van der Waals surface area contributed by atoms with E-state index in [0.717, 1.165) is 22.5 Å². The third-order valence-electron chi connectivity index (χ3n) is 3.88. The van der Waals surface area contributed by atoms with Gasteiger partial charge in [0.25, 0.3) is 0 Å². The monoisotopic (exact) mass is 355 g/mol. The molecule has 0 saturated carbocycles. The van der Waals surface area contributed by atoms with Crippen molar-refractivity contribution in [2.75, 3.05) is 19.4 Å². The Morgan fingerprint density at radius 3 is 2.68 bits per heavy atom. The Morgan fingerprint density at radius 1 is 1.16 bits per heavy atom. The first-order valence-corrected chi connectivity index (χ1v) is 9.31. The fraction of sp³-hybridized carbons (Fsp3) is 0.250. The molecule has 25 heavy (non-hydrogen) atoms. The highest BCUT2D eigenvalue weighted by atomic mass is 32.2. The molecular weight excluding hydrogens is 334 g/mol. The van der Waals surface area contributed by atoms with E-state index < -0.39 is 0 Å². The van der Waals surface area contributed by atoms with E-state index >= 15 is 0 Å². The number of rotatable bonds is 8. The van der Waals surface area contributed by atoms with Crippen LogP contribution in [0.2, 0.25) is 0 Å². The van der Waals surface area contributed by atoms with E-state index in [-0.39, 0.29) is 12.0 Å². The van der Waals surface area contributed by atoms with Crippen molar-refractivity contribution in [1.82, 2.24) is 5.32 Å². The van der Waals surface area contributed by atoms with Crippen LogP contribution in [-0.4, -0.2) is 25.3 Å². The molecule has 130 valence electrons. The third-order valence-corrected chi connectivity index (χ3v) is 4.88. The summed E-state index contributed by atoms with van der Waals surface area (Å²) in [5.41, 5.74) is 2.04. The van der Waals surface area contributed by atoms with Crippen molar-refractivity contribution in [2.24, 2.45) is 0 Å². The van der Waals surface area contributed by atoms with Gasteiger partial charge in [-0.05, 0) is 17.7 Å². The maximum Gasteiger partial charge on any atom is 0.230 e. The first kappa shape index (κ1) is 17.6. The molecule has 1 amide bonds. The number of thioether (sulfide) groups is 1. The van der Waals surface area contributed by atoms with Crippen molar-refractivity contribution in [3.05, 3.63) is 72.0 Å². The number of furan rings is 1. The van der Waals surface area contributed by atoms with Crippen molar-refractivity contribution in [3.8, 4) is 0 Å². The molecule has 0 radical (unpaired) electrons. The van der Waals surface area contributed by atoms with Crippen LogP contribution < -0.4 is 5.32 Å². The van der Waals surface area contributed by atoms with Gasteiger partial charge in [-0.1, -0.05) is 48.5 Å².